The quantitative estimate of drug-likeness (QED) is 0.537. The van der Waals surface area contributed by atoms with Crippen molar-refractivity contribution in [2.75, 3.05) is 6.54 Å². The average molecular weight is 140 g/mol. The predicted octanol–water partition coefficient (Wildman–Crippen LogP) is 1.22. The van der Waals surface area contributed by atoms with Crippen molar-refractivity contribution in [3.63, 3.8) is 0 Å². The van der Waals surface area contributed by atoms with E-state index in [-0.39, 0.29) is 5.54 Å². The smallest absolute Gasteiger partial charge is 0.0592 e. The number of nitrogens with one attached hydrogen (secondary N) is 1. The van der Waals surface area contributed by atoms with Gasteiger partial charge in [0.05, 0.1) is 6.04 Å². The highest BCUT2D eigenvalue weighted by atomic mass is 15.0. The van der Waals surface area contributed by atoms with Gasteiger partial charge in [0.1, 0.15) is 0 Å². The van der Waals surface area contributed by atoms with Crippen LogP contribution in [-0.4, -0.2) is 24.3 Å². The minimum atomic E-state index is 0.244. The molecule has 0 bridgehead atoms. The van der Waals surface area contributed by atoms with Crippen LogP contribution in [0.4, 0.5) is 0 Å². The van der Waals surface area contributed by atoms with Crippen molar-refractivity contribution in [1.29, 1.82) is 0 Å². The second kappa shape index (κ2) is 2.70. The Hall–Kier alpha value is -0.370. The van der Waals surface area contributed by atoms with Crippen LogP contribution < -0.4 is 5.32 Å². The van der Waals surface area contributed by atoms with Gasteiger partial charge in [0.2, 0.25) is 0 Å². The molecule has 0 aromatic heterocycles. The van der Waals surface area contributed by atoms with Crippen molar-refractivity contribution < 1.29 is 0 Å². The van der Waals surface area contributed by atoms with Gasteiger partial charge < -0.3 is 5.32 Å². The van der Waals surface area contributed by atoms with Crippen molar-refractivity contribution in [2.24, 2.45) is 4.99 Å². The Morgan fingerprint density at radius 2 is 2.30 bits per heavy atom. The maximum Gasteiger partial charge on any atom is 0.0592 e. The minimum absolute atomic E-state index is 0.244. The summed E-state index contributed by atoms with van der Waals surface area (Å²) in [5.41, 5.74) is 0.244. The first-order valence-corrected chi connectivity index (χ1v) is 3.87. The fourth-order valence-electron chi connectivity index (χ4n) is 1.01. The van der Waals surface area contributed by atoms with Crippen LogP contribution in [0.5, 0.6) is 0 Å². The molecule has 1 rings (SSSR count). The minimum Gasteiger partial charge on any atom is -0.309 e. The summed E-state index contributed by atoms with van der Waals surface area (Å²) in [6.45, 7) is 7.54. The zero-order valence-electron chi connectivity index (χ0n) is 7.02. The van der Waals surface area contributed by atoms with Gasteiger partial charge in [0.15, 0.2) is 0 Å². The molecule has 0 aromatic rings. The number of hydrogen-bond acceptors (Lipinski definition) is 2. The molecule has 1 unspecified atom stereocenters. The third-order valence-electron chi connectivity index (χ3n) is 1.84. The lowest BCUT2D eigenvalue weighted by Gasteiger charge is -2.22. The highest BCUT2D eigenvalue weighted by Gasteiger charge is 2.18. The SMILES string of the molecule is CC1CNC(C)(C)CC=N1. The molecule has 0 fully saturated rings. The van der Waals surface area contributed by atoms with Crippen LogP contribution in [0.25, 0.3) is 0 Å². The van der Waals surface area contributed by atoms with E-state index < -0.39 is 0 Å². The van der Waals surface area contributed by atoms with Crippen molar-refractivity contribution >= 4 is 6.21 Å². The molecule has 1 aliphatic heterocycles. The summed E-state index contributed by atoms with van der Waals surface area (Å²) in [4.78, 5) is 4.33. The lowest BCUT2D eigenvalue weighted by molar-refractivity contribution is 0.404. The van der Waals surface area contributed by atoms with Gasteiger partial charge in [-0.2, -0.15) is 0 Å². The van der Waals surface area contributed by atoms with Crippen LogP contribution in [0, 0.1) is 0 Å². The second-order valence-electron chi connectivity index (χ2n) is 3.65. The maximum absolute atomic E-state index is 4.33. The molecule has 2 nitrogen and oxygen atoms in total. The second-order valence-corrected chi connectivity index (χ2v) is 3.65. The van der Waals surface area contributed by atoms with Gasteiger partial charge in [-0.3, -0.25) is 4.99 Å². The van der Waals surface area contributed by atoms with E-state index in [0.29, 0.717) is 6.04 Å². The summed E-state index contributed by atoms with van der Waals surface area (Å²) >= 11 is 0. The van der Waals surface area contributed by atoms with Gasteiger partial charge in [-0.05, 0) is 27.2 Å². The summed E-state index contributed by atoms with van der Waals surface area (Å²) in [7, 11) is 0. The topological polar surface area (TPSA) is 24.4 Å². The van der Waals surface area contributed by atoms with Crippen LogP contribution in [0.3, 0.4) is 0 Å². The summed E-state index contributed by atoms with van der Waals surface area (Å²) < 4.78 is 0. The summed E-state index contributed by atoms with van der Waals surface area (Å²) in [5, 5.41) is 3.45. The largest absolute Gasteiger partial charge is 0.309 e. The van der Waals surface area contributed by atoms with Gasteiger partial charge in [-0.1, -0.05) is 0 Å². The van der Waals surface area contributed by atoms with Gasteiger partial charge in [-0.15, -0.1) is 0 Å². The molecule has 0 saturated carbocycles. The lowest BCUT2D eigenvalue weighted by Crippen LogP contribution is -2.40. The Kier molecular flexibility index (Phi) is 2.09. The average Bonchev–Trinajstić information content (AvgIpc) is 1.94. The van der Waals surface area contributed by atoms with Crippen molar-refractivity contribution in [2.45, 2.75) is 38.8 Å². The standard InChI is InChI=1S/C8H16N2/c1-7-6-10-8(2,3)4-5-9-7/h5,7,10H,4,6H2,1-3H3. The molecule has 2 heteroatoms. The molecule has 1 N–H and O–H groups in total. The molecule has 0 radical (unpaired) electrons. The first-order valence-electron chi connectivity index (χ1n) is 3.87. The van der Waals surface area contributed by atoms with E-state index in [2.05, 4.69) is 31.1 Å². The van der Waals surface area contributed by atoms with E-state index in [1.165, 1.54) is 0 Å². The van der Waals surface area contributed by atoms with E-state index >= 15 is 0 Å². The number of rotatable bonds is 0. The fraction of sp³-hybridized carbons (Fsp3) is 0.875. The van der Waals surface area contributed by atoms with Crippen LogP contribution >= 0.6 is 0 Å². The lowest BCUT2D eigenvalue weighted by atomic mass is 10.0. The molecule has 0 spiro atoms. The summed E-state index contributed by atoms with van der Waals surface area (Å²) in [6.07, 6.45) is 3.07. The Labute approximate surface area is 62.7 Å². The Balaban J connectivity index is 2.53. The molecule has 0 saturated heterocycles. The third-order valence-corrected chi connectivity index (χ3v) is 1.84. The fourth-order valence-corrected chi connectivity index (χ4v) is 1.01. The van der Waals surface area contributed by atoms with Crippen molar-refractivity contribution in [1.82, 2.24) is 5.32 Å². The van der Waals surface area contributed by atoms with E-state index in [0.717, 1.165) is 13.0 Å². The first-order chi connectivity index (χ1) is 4.60. The molecular weight excluding hydrogens is 124 g/mol. The third kappa shape index (κ3) is 2.10. The van der Waals surface area contributed by atoms with Gasteiger partial charge in [0.25, 0.3) is 0 Å². The van der Waals surface area contributed by atoms with Crippen molar-refractivity contribution in [3.8, 4) is 0 Å². The molecular formula is C8H16N2. The van der Waals surface area contributed by atoms with E-state index in [4.69, 9.17) is 0 Å². The monoisotopic (exact) mass is 140 g/mol. The van der Waals surface area contributed by atoms with E-state index in [1.54, 1.807) is 0 Å². The van der Waals surface area contributed by atoms with Gasteiger partial charge in [-0.25, -0.2) is 0 Å². The van der Waals surface area contributed by atoms with Crippen LogP contribution in [0.1, 0.15) is 27.2 Å². The summed E-state index contributed by atoms with van der Waals surface area (Å²) in [6, 6.07) is 0.446. The predicted molar refractivity (Wildman–Crippen MR) is 44.7 cm³/mol. The Morgan fingerprint density at radius 1 is 1.60 bits per heavy atom. The molecule has 0 amide bonds. The molecule has 0 aromatic carbocycles. The first kappa shape index (κ1) is 7.73. The molecule has 0 aliphatic carbocycles. The highest BCUT2D eigenvalue weighted by molar-refractivity contribution is 5.59. The molecule has 10 heavy (non-hydrogen) atoms. The summed E-state index contributed by atoms with van der Waals surface area (Å²) in [5.74, 6) is 0. The van der Waals surface area contributed by atoms with Crippen LogP contribution in [0.2, 0.25) is 0 Å². The van der Waals surface area contributed by atoms with E-state index in [1.807, 2.05) is 6.21 Å². The number of nitrogens with zero attached hydrogens (tertiary/aromatic N) is 1. The van der Waals surface area contributed by atoms with Crippen molar-refractivity contribution in [3.05, 3.63) is 0 Å². The zero-order chi connectivity index (χ0) is 7.61. The molecule has 58 valence electrons. The number of hydrogen-bond donors (Lipinski definition) is 1. The van der Waals surface area contributed by atoms with Gasteiger partial charge >= 0.3 is 0 Å². The Morgan fingerprint density at radius 3 is 3.00 bits per heavy atom. The highest BCUT2D eigenvalue weighted by Crippen LogP contribution is 2.09. The van der Waals surface area contributed by atoms with Crippen LogP contribution in [-0.2, 0) is 0 Å². The Bertz CT molecular complexity index is 138. The molecule has 1 atom stereocenters. The zero-order valence-corrected chi connectivity index (χ0v) is 7.02. The van der Waals surface area contributed by atoms with Gasteiger partial charge in [0, 0.05) is 18.3 Å². The molecule has 1 heterocycles. The van der Waals surface area contributed by atoms with E-state index in [9.17, 15) is 0 Å². The maximum atomic E-state index is 4.33. The number of aliphatic imine (C=N–C) groups is 1. The molecule has 1 aliphatic rings. The normalized spacial score (nSPS) is 31.7. The van der Waals surface area contributed by atoms with Crippen LogP contribution in [0.15, 0.2) is 4.99 Å².